The van der Waals surface area contributed by atoms with E-state index in [-0.39, 0.29) is 0 Å². The Morgan fingerprint density at radius 1 is 1.14 bits per heavy atom. The topological polar surface area (TPSA) is 73.2 Å². The number of ether oxygens (including phenoxy) is 1. The van der Waals surface area contributed by atoms with Gasteiger partial charge in [-0.3, -0.25) is 4.57 Å². The summed E-state index contributed by atoms with van der Waals surface area (Å²) in [5.41, 5.74) is 2.69. The van der Waals surface area contributed by atoms with Crippen LogP contribution in [0.3, 0.4) is 0 Å². The van der Waals surface area contributed by atoms with Crippen LogP contribution in [0.1, 0.15) is 36.7 Å². The Balaban J connectivity index is 1.75. The van der Waals surface area contributed by atoms with Gasteiger partial charge in [0.15, 0.2) is 0 Å². The van der Waals surface area contributed by atoms with E-state index < -0.39 is 16.1 Å². The number of aromatic nitrogens is 2. The highest BCUT2D eigenvalue weighted by Crippen LogP contribution is 2.25. The summed E-state index contributed by atoms with van der Waals surface area (Å²) in [5.74, 6) is 0.682. The van der Waals surface area contributed by atoms with Crippen LogP contribution in [0, 0.1) is 6.92 Å². The van der Waals surface area contributed by atoms with Crippen molar-refractivity contribution < 1.29 is 13.2 Å². The number of hydrogen-bond acceptors (Lipinski definition) is 4. The summed E-state index contributed by atoms with van der Waals surface area (Å²) >= 11 is 0. The number of nitrogens with one attached hydrogen (secondary N) is 1. The number of nitrogens with zero attached hydrogens (tertiary/aromatic N) is 2. The highest BCUT2D eigenvalue weighted by Gasteiger charge is 2.19. The summed E-state index contributed by atoms with van der Waals surface area (Å²) in [6, 6.07) is 16.9. The maximum Gasteiger partial charge on any atom is 0.302 e. The van der Waals surface area contributed by atoms with E-state index in [0.29, 0.717) is 18.3 Å². The quantitative estimate of drug-likeness (QED) is 0.585. The number of sulfonamides is 1. The lowest BCUT2D eigenvalue weighted by Gasteiger charge is -2.16. The van der Waals surface area contributed by atoms with Gasteiger partial charge in [0, 0.05) is 12.0 Å². The second kappa shape index (κ2) is 9.07. The van der Waals surface area contributed by atoms with Gasteiger partial charge in [-0.15, -0.1) is 0 Å². The second-order valence-corrected chi connectivity index (χ2v) is 8.32. The van der Waals surface area contributed by atoms with Gasteiger partial charge in [0.2, 0.25) is 10.0 Å². The van der Waals surface area contributed by atoms with Crippen LogP contribution in [0.25, 0.3) is 6.08 Å². The smallest absolute Gasteiger partial charge is 0.302 e. The number of imidazole rings is 1. The summed E-state index contributed by atoms with van der Waals surface area (Å²) in [4.78, 5) is 4.34. The molecule has 152 valence electrons. The van der Waals surface area contributed by atoms with E-state index in [4.69, 9.17) is 4.74 Å². The standard InChI is InChI=1S/C22H25N3O3S/c1-4-25-21(16-23-22(25)28-20-12-10-17(2)11-13-20)18(3)24-29(26,27)15-14-19-8-6-5-7-9-19/h5-16,18,24H,4H2,1-3H3/b15-14+. The molecule has 0 spiro atoms. The fraction of sp³-hybridized carbons (Fsp3) is 0.227. The number of benzene rings is 2. The van der Waals surface area contributed by atoms with Gasteiger partial charge < -0.3 is 4.74 Å². The Labute approximate surface area is 171 Å². The fourth-order valence-electron chi connectivity index (χ4n) is 2.91. The van der Waals surface area contributed by atoms with E-state index in [1.54, 1.807) is 19.2 Å². The first-order chi connectivity index (χ1) is 13.9. The zero-order chi connectivity index (χ0) is 20.9. The normalized spacial score (nSPS) is 12.9. The maximum absolute atomic E-state index is 12.5. The van der Waals surface area contributed by atoms with Crippen LogP contribution in [0.2, 0.25) is 0 Å². The average molecular weight is 412 g/mol. The molecule has 3 rings (SSSR count). The van der Waals surface area contributed by atoms with Gasteiger partial charge in [-0.2, -0.15) is 0 Å². The first kappa shape index (κ1) is 20.8. The molecule has 1 heterocycles. The lowest BCUT2D eigenvalue weighted by molar-refractivity contribution is 0.408. The second-order valence-electron chi connectivity index (χ2n) is 6.72. The molecule has 0 aliphatic carbocycles. The first-order valence-electron chi connectivity index (χ1n) is 9.43. The van der Waals surface area contributed by atoms with Crippen molar-refractivity contribution in [3.05, 3.63) is 83.0 Å². The molecule has 0 fully saturated rings. The Hall–Kier alpha value is -2.90. The van der Waals surface area contributed by atoms with Crippen molar-refractivity contribution in [1.82, 2.24) is 14.3 Å². The molecular weight excluding hydrogens is 386 g/mol. The van der Waals surface area contributed by atoms with Crippen LogP contribution in [-0.2, 0) is 16.6 Å². The van der Waals surface area contributed by atoms with E-state index >= 15 is 0 Å². The van der Waals surface area contributed by atoms with Crippen molar-refractivity contribution in [1.29, 1.82) is 0 Å². The van der Waals surface area contributed by atoms with E-state index in [1.165, 1.54) is 5.41 Å². The molecule has 1 aromatic heterocycles. The molecule has 2 aromatic carbocycles. The highest BCUT2D eigenvalue weighted by molar-refractivity contribution is 7.92. The minimum Gasteiger partial charge on any atom is -0.426 e. The molecule has 0 saturated heterocycles. The molecule has 1 atom stereocenters. The van der Waals surface area contributed by atoms with E-state index in [9.17, 15) is 8.42 Å². The van der Waals surface area contributed by atoms with Gasteiger partial charge in [0.1, 0.15) is 5.75 Å². The summed E-state index contributed by atoms with van der Waals surface area (Å²) in [6.45, 7) is 6.35. The summed E-state index contributed by atoms with van der Waals surface area (Å²) < 4.78 is 35.3. The van der Waals surface area contributed by atoms with Gasteiger partial charge in [-0.05, 0) is 44.5 Å². The van der Waals surface area contributed by atoms with Gasteiger partial charge >= 0.3 is 6.01 Å². The molecule has 7 heteroatoms. The van der Waals surface area contributed by atoms with Gasteiger partial charge in [-0.25, -0.2) is 18.1 Å². The van der Waals surface area contributed by atoms with Gasteiger partial charge in [0.25, 0.3) is 0 Å². The van der Waals surface area contributed by atoms with Crippen LogP contribution >= 0.6 is 0 Å². The lowest BCUT2D eigenvalue weighted by Crippen LogP contribution is -2.26. The Morgan fingerprint density at radius 3 is 2.48 bits per heavy atom. The van der Waals surface area contributed by atoms with Crippen LogP contribution in [0.15, 0.2) is 66.2 Å². The van der Waals surface area contributed by atoms with Crippen molar-refractivity contribution in [2.75, 3.05) is 0 Å². The molecule has 0 saturated carbocycles. The van der Waals surface area contributed by atoms with Gasteiger partial charge in [-0.1, -0.05) is 48.0 Å². The molecule has 0 bridgehead atoms. The maximum atomic E-state index is 12.5. The molecule has 1 N–H and O–H groups in total. The summed E-state index contributed by atoms with van der Waals surface area (Å²) in [5, 5.41) is 1.18. The molecule has 0 radical (unpaired) electrons. The summed E-state index contributed by atoms with van der Waals surface area (Å²) in [7, 11) is -3.62. The van der Waals surface area contributed by atoms with Crippen molar-refractivity contribution in [3.8, 4) is 11.8 Å². The molecule has 0 aliphatic heterocycles. The third-order valence-corrected chi connectivity index (χ3v) is 5.60. The Morgan fingerprint density at radius 2 is 1.83 bits per heavy atom. The number of aryl methyl sites for hydroxylation is 1. The van der Waals surface area contributed by atoms with Crippen molar-refractivity contribution in [2.45, 2.75) is 33.4 Å². The fourth-order valence-corrected chi connectivity index (χ4v) is 3.93. The molecule has 6 nitrogen and oxygen atoms in total. The molecule has 0 amide bonds. The molecule has 29 heavy (non-hydrogen) atoms. The molecule has 3 aromatic rings. The molecule has 0 aliphatic rings. The molecule has 1 unspecified atom stereocenters. The third-order valence-electron chi connectivity index (χ3n) is 4.42. The third kappa shape index (κ3) is 5.56. The Kier molecular flexibility index (Phi) is 6.51. The monoisotopic (exact) mass is 411 g/mol. The SMILES string of the molecule is CCn1c(C(C)NS(=O)(=O)/C=C/c2ccccc2)cnc1Oc1ccc(C)cc1. The highest BCUT2D eigenvalue weighted by atomic mass is 32.2. The minimum absolute atomic E-state index is 0.428. The largest absolute Gasteiger partial charge is 0.426 e. The van der Waals surface area contributed by atoms with Crippen LogP contribution in [0.4, 0.5) is 0 Å². The first-order valence-corrected chi connectivity index (χ1v) is 11.0. The van der Waals surface area contributed by atoms with Gasteiger partial charge in [0.05, 0.1) is 17.9 Å². The van der Waals surface area contributed by atoms with Crippen LogP contribution in [-0.4, -0.2) is 18.0 Å². The van der Waals surface area contributed by atoms with Crippen molar-refractivity contribution in [2.24, 2.45) is 0 Å². The zero-order valence-electron chi connectivity index (χ0n) is 16.7. The van der Waals surface area contributed by atoms with E-state index in [0.717, 1.165) is 16.8 Å². The molecular formula is C22H25N3O3S. The van der Waals surface area contributed by atoms with E-state index in [2.05, 4.69) is 9.71 Å². The van der Waals surface area contributed by atoms with Crippen molar-refractivity contribution >= 4 is 16.1 Å². The van der Waals surface area contributed by atoms with Crippen LogP contribution < -0.4 is 9.46 Å². The Bertz CT molecular complexity index is 1070. The predicted octanol–water partition coefficient (Wildman–Crippen LogP) is 4.66. The van der Waals surface area contributed by atoms with E-state index in [1.807, 2.05) is 73.0 Å². The number of hydrogen-bond donors (Lipinski definition) is 1. The lowest BCUT2D eigenvalue weighted by atomic mass is 10.2. The zero-order valence-corrected chi connectivity index (χ0v) is 17.6. The van der Waals surface area contributed by atoms with Crippen LogP contribution in [0.5, 0.6) is 11.8 Å². The predicted molar refractivity (Wildman–Crippen MR) is 115 cm³/mol. The summed E-state index contributed by atoms with van der Waals surface area (Å²) in [6.07, 6.45) is 3.21. The minimum atomic E-state index is -3.62. The average Bonchev–Trinajstić information content (AvgIpc) is 3.11. The number of rotatable bonds is 8. The van der Waals surface area contributed by atoms with Crippen molar-refractivity contribution in [3.63, 3.8) is 0 Å².